The van der Waals surface area contributed by atoms with E-state index in [1.807, 2.05) is 44.2 Å². The van der Waals surface area contributed by atoms with Crippen molar-refractivity contribution in [3.8, 4) is 5.82 Å². The first kappa shape index (κ1) is 15.5. The van der Waals surface area contributed by atoms with Crippen LogP contribution in [-0.2, 0) is 4.79 Å². The summed E-state index contributed by atoms with van der Waals surface area (Å²) in [6, 6.07) is 11.7. The molecule has 1 N–H and O–H groups in total. The number of anilines is 1. The third-order valence-corrected chi connectivity index (χ3v) is 3.77. The highest BCUT2D eigenvalue weighted by Gasteiger charge is 2.15. The zero-order valence-electron chi connectivity index (χ0n) is 13.2. The number of fused-ring (bicyclic) bond motifs is 1. The molecular weight excluding hydrogens is 312 g/mol. The van der Waals surface area contributed by atoms with Crippen molar-refractivity contribution < 1.29 is 4.79 Å². The van der Waals surface area contributed by atoms with Gasteiger partial charge in [-0.2, -0.15) is 9.78 Å². The first-order valence-corrected chi connectivity index (χ1v) is 7.77. The Bertz CT molecular complexity index is 885. The Labute approximate surface area is 139 Å². The number of aromatic nitrogens is 3. The largest absolute Gasteiger partial charge is 0.309 e. The van der Waals surface area contributed by atoms with Crippen molar-refractivity contribution in [1.29, 1.82) is 0 Å². The number of amides is 1. The Hall–Kier alpha value is -2.40. The summed E-state index contributed by atoms with van der Waals surface area (Å²) in [5, 5.41) is 7.70. The number of para-hydroxylation sites is 1. The van der Waals surface area contributed by atoms with Crippen LogP contribution in [-0.4, -0.2) is 26.0 Å². The molecule has 0 aliphatic rings. The van der Waals surface area contributed by atoms with Crippen LogP contribution in [0.4, 0.5) is 5.82 Å². The second-order valence-electron chi connectivity index (χ2n) is 5.50. The van der Waals surface area contributed by atoms with Crippen molar-refractivity contribution in [3.05, 3.63) is 47.7 Å². The SMILES string of the molecule is Cc1cc(NC(=O)C(C)Cl)n(-c2cc(C)c3ccccc3n2)n1. The zero-order valence-corrected chi connectivity index (χ0v) is 13.9. The summed E-state index contributed by atoms with van der Waals surface area (Å²) in [4.78, 5) is 16.5. The Morgan fingerprint density at radius 2 is 2.00 bits per heavy atom. The third kappa shape index (κ3) is 3.05. The molecule has 1 amide bonds. The number of hydrogen-bond donors (Lipinski definition) is 1. The molecule has 0 saturated heterocycles. The van der Waals surface area contributed by atoms with Gasteiger partial charge in [0, 0.05) is 11.5 Å². The molecule has 5 nitrogen and oxygen atoms in total. The second kappa shape index (κ2) is 6.01. The number of carbonyl (C=O) groups is 1. The normalized spacial score (nSPS) is 12.3. The monoisotopic (exact) mass is 328 g/mol. The van der Waals surface area contributed by atoms with Crippen LogP contribution < -0.4 is 5.32 Å². The lowest BCUT2D eigenvalue weighted by molar-refractivity contribution is -0.115. The fourth-order valence-corrected chi connectivity index (χ4v) is 2.48. The highest BCUT2D eigenvalue weighted by Crippen LogP contribution is 2.22. The van der Waals surface area contributed by atoms with Gasteiger partial charge in [0.25, 0.3) is 0 Å². The summed E-state index contributed by atoms with van der Waals surface area (Å²) in [5.41, 5.74) is 2.77. The smallest absolute Gasteiger partial charge is 0.243 e. The number of pyridine rings is 1. The number of nitrogens with zero attached hydrogens (tertiary/aromatic N) is 3. The maximum absolute atomic E-state index is 11.9. The minimum Gasteiger partial charge on any atom is -0.309 e. The summed E-state index contributed by atoms with van der Waals surface area (Å²) < 4.78 is 1.63. The van der Waals surface area contributed by atoms with E-state index in [1.54, 1.807) is 17.7 Å². The maximum atomic E-state index is 11.9. The Kier molecular flexibility index (Phi) is 4.05. The topological polar surface area (TPSA) is 59.8 Å². The molecule has 3 rings (SSSR count). The molecule has 2 aromatic heterocycles. The molecular formula is C17H17ClN4O. The van der Waals surface area contributed by atoms with E-state index < -0.39 is 5.38 Å². The molecule has 23 heavy (non-hydrogen) atoms. The van der Waals surface area contributed by atoms with E-state index in [4.69, 9.17) is 11.6 Å². The van der Waals surface area contributed by atoms with Crippen LogP contribution in [0.15, 0.2) is 36.4 Å². The first-order chi connectivity index (χ1) is 11.0. The van der Waals surface area contributed by atoms with E-state index in [9.17, 15) is 4.79 Å². The number of aryl methyl sites for hydroxylation is 2. The minimum absolute atomic E-state index is 0.273. The van der Waals surface area contributed by atoms with Gasteiger partial charge in [-0.3, -0.25) is 4.79 Å². The van der Waals surface area contributed by atoms with Gasteiger partial charge in [-0.1, -0.05) is 18.2 Å². The van der Waals surface area contributed by atoms with Gasteiger partial charge in [0.15, 0.2) is 5.82 Å². The Morgan fingerprint density at radius 3 is 2.74 bits per heavy atom. The van der Waals surface area contributed by atoms with E-state index in [1.165, 1.54) is 0 Å². The molecule has 3 aromatic rings. The number of rotatable bonds is 3. The van der Waals surface area contributed by atoms with Gasteiger partial charge in [-0.05, 0) is 38.5 Å². The molecule has 1 atom stereocenters. The van der Waals surface area contributed by atoms with Crippen molar-refractivity contribution in [3.63, 3.8) is 0 Å². The Morgan fingerprint density at radius 1 is 1.26 bits per heavy atom. The number of carbonyl (C=O) groups excluding carboxylic acids is 1. The van der Waals surface area contributed by atoms with Gasteiger partial charge < -0.3 is 5.32 Å². The van der Waals surface area contributed by atoms with E-state index in [0.29, 0.717) is 11.6 Å². The number of halogens is 1. The first-order valence-electron chi connectivity index (χ1n) is 7.34. The Balaban J connectivity index is 2.10. The van der Waals surface area contributed by atoms with Crippen molar-refractivity contribution in [2.45, 2.75) is 26.1 Å². The third-order valence-electron chi connectivity index (χ3n) is 3.57. The molecule has 1 unspecified atom stereocenters. The predicted molar refractivity (Wildman–Crippen MR) is 92.3 cm³/mol. The standard InChI is InChI=1S/C17H17ClN4O/c1-10-8-15(19-14-7-5-4-6-13(10)14)22-16(9-11(2)21-22)20-17(23)12(3)18/h4-9,12H,1-3H3,(H,20,23). The van der Waals surface area contributed by atoms with Crippen LogP contribution >= 0.6 is 11.6 Å². The molecule has 0 saturated carbocycles. The van der Waals surface area contributed by atoms with Crippen LogP contribution in [0.3, 0.4) is 0 Å². The van der Waals surface area contributed by atoms with Gasteiger partial charge in [0.1, 0.15) is 11.2 Å². The van der Waals surface area contributed by atoms with E-state index in [0.717, 1.165) is 22.2 Å². The predicted octanol–water partition coefficient (Wildman–Crippen LogP) is 3.60. The zero-order chi connectivity index (χ0) is 16.6. The second-order valence-corrected chi connectivity index (χ2v) is 6.16. The molecule has 0 aliphatic heterocycles. The molecule has 0 spiro atoms. The van der Waals surface area contributed by atoms with Crippen LogP contribution in [0.25, 0.3) is 16.7 Å². The van der Waals surface area contributed by atoms with Gasteiger partial charge in [-0.15, -0.1) is 11.6 Å². The lowest BCUT2D eigenvalue weighted by Crippen LogP contribution is -2.22. The molecule has 1 aromatic carbocycles. The fraction of sp³-hybridized carbons (Fsp3) is 0.235. The summed E-state index contributed by atoms with van der Waals surface area (Å²) in [6.07, 6.45) is 0. The van der Waals surface area contributed by atoms with E-state index >= 15 is 0 Å². The fourth-order valence-electron chi connectivity index (χ4n) is 2.43. The maximum Gasteiger partial charge on any atom is 0.243 e. The highest BCUT2D eigenvalue weighted by atomic mass is 35.5. The van der Waals surface area contributed by atoms with Crippen molar-refractivity contribution >= 4 is 34.2 Å². The molecule has 0 aliphatic carbocycles. The van der Waals surface area contributed by atoms with Gasteiger partial charge in [0.2, 0.25) is 5.91 Å². The lowest BCUT2D eigenvalue weighted by atomic mass is 10.1. The van der Waals surface area contributed by atoms with Gasteiger partial charge >= 0.3 is 0 Å². The molecule has 6 heteroatoms. The van der Waals surface area contributed by atoms with Crippen LogP contribution in [0.5, 0.6) is 0 Å². The summed E-state index contributed by atoms with van der Waals surface area (Å²) in [6.45, 7) is 5.52. The average molecular weight is 329 g/mol. The average Bonchev–Trinajstić information content (AvgIpc) is 2.87. The van der Waals surface area contributed by atoms with E-state index in [-0.39, 0.29) is 5.91 Å². The number of benzene rings is 1. The van der Waals surface area contributed by atoms with Crippen LogP contribution in [0, 0.1) is 13.8 Å². The number of nitrogens with one attached hydrogen (secondary N) is 1. The molecule has 118 valence electrons. The van der Waals surface area contributed by atoms with Crippen molar-refractivity contribution in [2.75, 3.05) is 5.32 Å². The van der Waals surface area contributed by atoms with Crippen LogP contribution in [0.2, 0.25) is 0 Å². The van der Waals surface area contributed by atoms with E-state index in [2.05, 4.69) is 15.4 Å². The molecule has 2 heterocycles. The van der Waals surface area contributed by atoms with Gasteiger partial charge in [0.05, 0.1) is 11.2 Å². The number of hydrogen-bond acceptors (Lipinski definition) is 3. The summed E-state index contributed by atoms with van der Waals surface area (Å²) >= 11 is 5.83. The highest BCUT2D eigenvalue weighted by molar-refractivity contribution is 6.32. The minimum atomic E-state index is -0.620. The van der Waals surface area contributed by atoms with Gasteiger partial charge in [-0.25, -0.2) is 4.98 Å². The summed E-state index contributed by atoms with van der Waals surface area (Å²) in [5.74, 6) is 0.944. The quantitative estimate of drug-likeness (QED) is 0.747. The molecule has 0 bridgehead atoms. The molecule has 0 radical (unpaired) electrons. The number of alkyl halides is 1. The summed E-state index contributed by atoms with van der Waals surface area (Å²) in [7, 11) is 0. The lowest BCUT2D eigenvalue weighted by Gasteiger charge is -2.11. The van der Waals surface area contributed by atoms with Crippen LogP contribution in [0.1, 0.15) is 18.2 Å². The molecule has 0 fully saturated rings. The van der Waals surface area contributed by atoms with Crippen molar-refractivity contribution in [2.24, 2.45) is 0 Å². The van der Waals surface area contributed by atoms with Crippen molar-refractivity contribution in [1.82, 2.24) is 14.8 Å².